The van der Waals surface area contributed by atoms with Gasteiger partial charge < -0.3 is 10.4 Å². The molecule has 0 atom stereocenters. The molecule has 0 saturated carbocycles. The summed E-state index contributed by atoms with van der Waals surface area (Å²) in [6.07, 6.45) is 1.68. The van der Waals surface area contributed by atoms with Crippen LogP contribution in [0.3, 0.4) is 0 Å². The van der Waals surface area contributed by atoms with Gasteiger partial charge in [-0.25, -0.2) is 4.98 Å². The van der Waals surface area contributed by atoms with Gasteiger partial charge in [0, 0.05) is 11.8 Å². The zero-order valence-electron chi connectivity index (χ0n) is 10.8. The van der Waals surface area contributed by atoms with Crippen molar-refractivity contribution in [1.29, 1.82) is 0 Å². The molecule has 0 fully saturated rings. The van der Waals surface area contributed by atoms with Gasteiger partial charge in [-0.3, -0.25) is 9.89 Å². The normalized spacial score (nSPS) is 10.7. The minimum absolute atomic E-state index is 0.133. The Hall–Kier alpha value is -2.60. The van der Waals surface area contributed by atoms with Crippen molar-refractivity contribution in [3.63, 3.8) is 0 Å². The number of rotatable bonds is 3. The number of alkyl halides is 1. The number of anilines is 1. The highest BCUT2D eigenvalue weighted by Crippen LogP contribution is 2.26. The number of nitrogens with zero attached hydrogens (tertiary/aromatic N) is 2. The number of halogens is 1. The standard InChI is InChI=1S/C14H11ClN4O2/c15-6-12(21)17-14-11-5-9(7-16-13(11)18-19-14)8-1-3-10(20)4-2-8/h1-5,7,20H,6H2,(H2,16,17,18,19,21). The lowest BCUT2D eigenvalue weighted by atomic mass is 10.1. The van der Waals surface area contributed by atoms with Crippen LogP contribution in [-0.2, 0) is 4.79 Å². The minimum atomic E-state index is -0.322. The number of aromatic amines is 1. The zero-order valence-corrected chi connectivity index (χ0v) is 11.6. The summed E-state index contributed by atoms with van der Waals surface area (Å²) in [6.45, 7) is 0. The van der Waals surface area contributed by atoms with Crippen LogP contribution in [0, 0.1) is 0 Å². The number of amides is 1. The molecule has 0 unspecified atom stereocenters. The van der Waals surface area contributed by atoms with E-state index in [-0.39, 0.29) is 17.5 Å². The fourth-order valence-corrected chi connectivity index (χ4v) is 2.05. The number of carbonyl (C=O) groups excluding carboxylic acids is 1. The van der Waals surface area contributed by atoms with Crippen molar-refractivity contribution in [1.82, 2.24) is 15.2 Å². The molecule has 2 aromatic heterocycles. The van der Waals surface area contributed by atoms with E-state index < -0.39 is 0 Å². The third-order valence-corrected chi connectivity index (χ3v) is 3.24. The van der Waals surface area contributed by atoms with Gasteiger partial charge in [0.1, 0.15) is 17.4 Å². The summed E-state index contributed by atoms with van der Waals surface area (Å²) in [5.41, 5.74) is 2.26. The average Bonchev–Trinajstić information content (AvgIpc) is 2.90. The van der Waals surface area contributed by atoms with E-state index in [2.05, 4.69) is 20.5 Å². The molecule has 21 heavy (non-hydrogen) atoms. The van der Waals surface area contributed by atoms with Gasteiger partial charge in [-0.1, -0.05) is 12.1 Å². The van der Waals surface area contributed by atoms with Crippen molar-refractivity contribution < 1.29 is 9.90 Å². The maximum atomic E-state index is 11.4. The first-order valence-corrected chi connectivity index (χ1v) is 6.70. The number of benzene rings is 1. The number of phenols is 1. The van der Waals surface area contributed by atoms with Crippen molar-refractivity contribution in [2.75, 3.05) is 11.2 Å². The van der Waals surface area contributed by atoms with Gasteiger partial charge in [0.05, 0.1) is 5.39 Å². The molecule has 1 amide bonds. The van der Waals surface area contributed by atoms with Crippen molar-refractivity contribution in [3.05, 3.63) is 36.5 Å². The molecule has 3 N–H and O–H groups in total. The maximum Gasteiger partial charge on any atom is 0.240 e. The predicted molar refractivity (Wildman–Crippen MR) is 80.3 cm³/mol. The summed E-state index contributed by atoms with van der Waals surface area (Å²) in [5, 5.41) is 19.4. The number of hydrogen-bond donors (Lipinski definition) is 3. The lowest BCUT2D eigenvalue weighted by molar-refractivity contribution is -0.113. The highest BCUT2D eigenvalue weighted by Gasteiger charge is 2.10. The smallest absolute Gasteiger partial charge is 0.240 e. The second kappa shape index (κ2) is 5.41. The molecular formula is C14H11ClN4O2. The van der Waals surface area contributed by atoms with Crippen LogP contribution in [0.1, 0.15) is 0 Å². The summed E-state index contributed by atoms with van der Waals surface area (Å²) in [4.78, 5) is 15.6. The van der Waals surface area contributed by atoms with E-state index >= 15 is 0 Å². The van der Waals surface area contributed by atoms with Crippen molar-refractivity contribution in [2.45, 2.75) is 0 Å². The molecule has 1 aromatic carbocycles. The van der Waals surface area contributed by atoms with Crippen LogP contribution in [0.25, 0.3) is 22.2 Å². The number of fused-ring (bicyclic) bond motifs is 1. The lowest BCUT2D eigenvalue weighted by Crippen LogP contribution is -2.12. The Kier molecular flexibility index (Phi) is 3.45. The first-order valence-electron chi connectivity index (χ1n) is 6.16. The lowest BCUT2D eigenvalue weighted by Gasteiger charge is -2.03. The van der Waals surface area contributed by atoms with Crippen LogP contribution in [0.5, 0.6) is 5.75 Å². The van der Waals surface area contributed by atoms with E-state index in [9.17, 15) is 9.90 Å². The molecule has 6 nitrogen and oxygen atoms in total. The number of aromatic hydroxyl groups is 1. The first-order chi connectivity index (χ1) is 10.2. The van der Waals surface area contributed by atoms with Crippen molar-refractivity contribution in [2.24, 2.45) is 0 Å². The van der Waals surface area contributed by atoms with E-state index in [1.807, 2.05) is 6.07 Å². The summed E-state index contributed by atoms with van der Waals surface area (Å²) in [6, 6.07) is 8.64. The highest BCUT2D eigenvalue weighted by molar-refractivity contribution is 6.29. The van der Waals surface area contributed by atoms with E-state index in [1.54, 1.807) is 30.5 Å². The Balaban J connectivity index is 2.03. The average molecular weight is 303 g/mol. The molecule has 0 aliphatic rings. The second-order valence-electron chi connectivity index (χ2n) is 4.42. The van der Waals surface area contributed by atoms with Gasteiger partial charge in [0.2, 0.25) is 5.91 Å². The largest absolute Gasteiger partial charge is 0.508 e. The van der Waals surface area contributed by atoms with E-state index in [0.29, 0.717) is 16.9 Å². The molecule has 7 heteroatoms. The predicted octanol–water partition coefficient (Wildman–Crippen LogP) is 2.51. The highest BCUT2D eigenvalue weighted by atomic mass is 35.5. The number of pyridine rings is 1. The van der Waals surface area contributed by atoms with Crippen LogP contribution in [0.15, 0.2) is 36.5 Å². The third-order valence-electron chi connectivity index (χ3n) is 3.00. The molecule has 106 valence electrons. The Labute approximate surface area is 124 Å². The summed E-state index contributed by atoms with van der Waals surface area (Å²) in [5.74, 6) is 0.207. The molecule has 0 saturated heterocycles. The van der Waals surface area contributed by atoms with E-state index in [1.165, 1.54) is 0 Å². The molecule has 0 spiro atoms. The van der Waals surface area contributed by atoms with Crippen LogP contribution in [-0.4, -0.2) is 32.1 Å². The molecule has 0 bridgehead atoms. The monoisotopic (exact) mass is 302 g/mol. The fourth-order valence-electron chi connectivity index (χ4n) is 1.98. The third kappa shape index (κ3) is 2.66. The quantitative estimate of drug-likeness (QED) is 0.648. The van der Waals surface area contributed by atoms with Crippen molar-refractivity contribution in [3.8, 4) is 16.9 Å². The number of nitrogens with one attached hydrogen (secondary N) is 2. The molecule has 2 heterocycles. The Morgan fingerprint density at radius 3 is 2.76 bits per heavy atom. The second-order valence-corrected chi connectivity index (χ2v) is 4.69. The molecule has 3 rings (SSSR count). The maximum absolute atomic E-state index is 11.4. The van der Waals surface area contributed by atoms with E-state index in [4.69, 9.17) is 11.6 Å². The number of aromatic nitrogens is 3. The number of hydrogen-bond acceptors (Lipinski definition) is 4. The minimum Gasteiger partial charge on any atom is -0.508 e. The molecular weight excluding hydrogens is 292 g/mol. The summed E-state index contributed by atoms with van der Waals surface area (Å²) in [7, 11) is 0. The molecule has 3 aromatic rings. The number of phenolic OH excluding ortho intramolecular Hbond substituents is 1. The Morgan fingerprint density at radius 2 is 2.05 bits per heavy atom. The number of carbonyl (C=O) groups is 1. The van der Waals surface area contributed by atoms with Gasteiger partial charge in [-0.15, -0.1) is 11.6 Å². The van der Waals surface area contributed by atoms with E-state index in [0.717, 1.165) is 11.1 Å². The SMILES string of the molecule is O=C(CCl)Nc1[nH]nc2ncc(-c3ccc(O)cc3)cc12. The summed E-state index contributed by atoms with van der Waals surface area (Å²) < 4.78 is 0. The van der Waals surface area contributed by atoms with Crippen LogP contribution in [0.4, 0.5) is 5.82 Å². The summed E-state index contributed by atoms with van der Waals surface area (Å²) >= 11 is 5.48. The van der Waals surface area contributed by atoms with Gasteiger partial charge in [0.15, 0.2) is 5.65 Å². The van der Waals surface area contributed by atoms with Crippen LogP contribution in [0.2, 0.25) is 0 Å². The Morgan fingerprint density at radius 1 is 1.29 bits per heavy atom. The fraction of sp³-hybridized carbons (Fsp3) is 0.0714. The molecule has 0 radical (unpaired) electrons. The van der Waals surface area contributed by atoms with Gasteiger partial charge in [0.25, 0.3) is 0 Å². The van der Waals surface area contributed by atoms with Gasteiger partial charge in [-0.05, 0) is 23.8 Å². The zero-order chi connectivity index (χ0) is 14.8. The molecule has 0 aliphatic heterocycles. The van der Waals surface area contributed by atoms with Crippen LogP contribution < -0.4 is 5.32 Å². The van der Waals surface area contributed by atoms with Crippen molar-refractivity contribution >= 4 is 34.4 Å². The topological polar surface area (TPSA) is 90.9 Å². The first kappa shape index (κ1) is 13.4. The Bertz CT molecular complexity index is 798. The number of H-pyrrole nitrogens is 1. The van der Waals surface area contributed by atoms with Gasteiger partial charge in [-0.2, -0.15) is 5.10 Å². The molecule has 0 aliphatic carbocycles. The van der Waals surface area contributed by atoms with Gasteiger partial charge >= 0.3 is 0 Å². The van der Waals surface area contributed by atoms with Crippen LogP contribution >= 0.6 is 11.6 Å².